The monoisotopic (exact) mass is 417 g/mol. The molecule has 0 aliphatic carbocycles. The number of rotatable bonds is 9. The number of ether oxygens (including phenoxy) is 2. The highest BCUT2D eigenvalue weighted by Gasteiger charge is 2.21. The lowest BCUT2D eigenvalue weighted by Crippen LogP contribution is -2.51. The lowest BCUT2D eigenvalue weighted by atomic mass is 10.3. The summed E-state index contributed by atoms with van der Waals surface area (Å²) in [5.41, 5.74) is 0. The number of nitrogens with one attached hydrogen (secondary N) is 1. The Kier molecular flexibility index (Phi) is 7.89. The second-order valence-electron chi connectivity index (χ2n) is 6.65. The average Bonchev–Trinajstić information content (AvgIpc) is 3.29. The first kappa shape index (κ1) is 21.1. The molecule has 156 valence electrons. The summed E-state index contributed by atoms with van der Waals surface area (Å²) in [6.45, 7) is 6.90. The molecule has 0 spiro atoms. The Morgan fingerprint density at radius 1 is 1.03 bits per heavy atom. The predicted octanol–water partition coefficient (Wildman–Crippen LogP) is 2.10. The zero-order valence-corrected chi connectivity index (χ0v) is 17.5. The highest BCUT2D eigenvalue weighted by Crippen LogP contribution is 2.17. The van der Waals surface area contributed by atoms with Crippen molar-refractivity contribution in [2.24, 2.45) is 0 Å². The summed E-state index contributed by atoms with van der Waals surface area (Å²) in [6, 6.07) is 11.0. The summed E-state index contributed by atoms with van der Waals surface area (Å²) >= 11 is 1.44. The van der Waals surface area contributed by atoms with Crippen molar-refractivity contribution in [3.05, 3.63) is 46.7 Å². The van der Waals surface area contributed by atoms with Gasteiger partial charge < -0.3 is 19.7 Å². The van der Waals surface area contributed by atoms with E-state index in [1.807, 2.05) is 41.5 Å². The Balaban J connectivity index is 1.32. The van der Waals surface area contributed by atoms with E-state index >= 15 is 0 Å². The summed E-state index contributed by atoms with van der Waals surface area (Å²) in [5, 5.41) is 4.83. The first-order valence-electron chi connectivity index (χ1n) is 9.83. The van der Waals surface area contributed by atoms with Crippen LogP contribution in [0.1, 0.15) is 16.6 Å². The van der Waals surface area contributed by atoms with Gasteiger partial charge in [-0.25, -0.2) is 0 Å². The molecule has 1 fully saturated rings. The van der Waals surface area contributed by atoms with Gasteiger partial charge in [-0.15, -0.1) is 11.3 Å². The molecule has 2 heterocycles. The van der Waals surface area contributed by atoms with Crippen LogP contribution in [-0.2, 0) is 4.79 Å². The van der Waals surface area contributed by atoms with Crippen LogP contribution in [0.15, 0.2) is 41.8 Å². The molecule has 0 unspecified atom stereocenters. The number of piperazine rings is 1. The Bertz CT molecular complexity index is 772. The van der Waals surface area contributed by atoms with Crippen LogP contribution < -0.4 is 14.8 Å². The molecule has 8 heteroatoms. The molecule has 1 N–H and O–H groups in total. The van der Waals surface area contributed by atoms with E-state index in [2.05, 4.69) is 10.2 Å². The van der Waals surface area contributed by atoms with Gasteiger partial charge in [-0.05, 0) is 42.6 Å². The molecular formula is C21H27N3O4S. The number of nitrogens with zero attached hydrogens (tertiary/aromatic N) is 2. The maximum Gasteiger partial charge on any atom is 0.261 e. The number of carbonyl (C=O) groups is 2. The lowest BCUT2D eigenvalue weighted by Gasteiger charge is -2.34. The van der Waals surface area contributed by atoms with E-state index in [4.69, 9.17) is 9.47 Å². The number of carbonyl (C=O) groups excluding carboxylic acids is 2. The molecule has 3 rings (SSSR count). The fraction of sp³-hybridized carbons (Fsp3) is 0.429. The van der Waals surface area contributed by atoms with Crippen molar-refractivity contribution in [1.82, 2.24) is 15.1 Å². The highest BCUT2D eigenvalue weighted by molar-refractivity contribution is 7.12. The molecule has 1 saturated heterocycles. The third-order valence-electron chi connectivity index (χ3n) is 4.68. The van der Waals surface area contributed by atoms with Crippen molar-refractivity contribution in [1.29, 1.82) is 0 Å². The smallest absolute Gasteiger partial charge is 0.261 e. The summed E-state index contributed by atoms with van der Waals surface area (Å²) < 4.78 is 11.0. The van der Waals surface area contributed by atoms with Gasteiger partial charge in [0.2, 0.25) is 0 Å². The Hall–Kier alpha value is -2.58. The van der Waals surface area contributed by atoms with Gasteiger partial charge in [-0.1, -0.05) is 6.07 Å². The van der Waals surface area contributed by atoms with Crippen LogP contribution in [-0.4, -0.2) is 74.1 Å². The Labute approximate surface area is 175 Å². The zero-order chi connectivity index (χ0) is 20.5. The number of hydrogen-bond donors (Lipinski definition) is 1. The van der Waals surface area contributed by atoms with Gasteiger partial charge in [0.25, 0.3) is 11.8 Å². The quantitative estimate of drug-likeness (QED) is 0.677. The molecule has 0 saturated carbocycles. The van der Waals surface area contributed by atoms with Gasteiger partial charge in [0, 0.05) is 39.3 Å². The maximum absolute atomic E-state index is 12.4. The molecule has 0 radical (unpaired) electrons. The molecular weight excluding hydrogens is 390 g/mol. The van der Waals surface area contributed by atoms with E-state index in [0.717, 1.165) is 30.3 Å². The van der Waals surface area contributed by atoms with Gasteiger partial charge in [0.05, 0.1) is 11.5 Å². The number of thiophene rings is 1. The van der Waals surface area contributed by atoms with Crippen molar-refractivity contribution >= 4 is 23.2 Å². The molecule has 1 aromatic carbocycles. The predicted molar refractivity (Wildman–Crippen MR) is 113 cm³/mol. The Morgan fingerprint density at radius 3 is 2.34 bits per heavy atom. The molecule has 2 amide bonds. The third-order valence-corrected chi connectivity index (χ3v) is 5.55. The SMILES string of the molecule is CCOc1ccc(OCC(=O)N2CCN(CCNC(=O)c3cccs3)CC2)cc1. The van der Waals surface area contributed by atoms with Crippen molar-refractivity contribution in [2.75, 3.05) is 52.5 Å². The largest absolute Gasteiger partial charge is 0.494 e. The van der Waals surface area contributed by atoms with Crippen LogP contribution in [0.2, 0.25) is 0 Å². The van der Waals surface area contributed by atoms with Gasteiger partial charge in [0.15, 0.2) is 6.61 Å². The number of hydrogen-bond acceptors (Lipinski definition) is 6. The topological polar surface area (TPSA) is 71.1 Å². The minimum atomic E-state index is -0.0275. The van der Waals surface area contributed by atoms with E-state index in [0.29, 0.717) is 32.0 Å². The standard InChI is InChI=1S/C21H27N3O4S/c1-2-27-17-5-7-18(8-6-17)28-16-20(25)24-13-11-23(12-14-24)10-9-22-21(26)19-4-3-15-29-19/h3-8,15H,2,9-14,16H2,1H3,(H,22,26). The molecule has 2 aromatic rings. The van der Waals surface area contributed by atoms with Crippen LogP contribution in [0.4, 0.5) is 0 Å². The summed E-state index contributed by atoms with van der Waals surface area (Å²) in [5.74, 6) is 1.40. The summed E-state index contributed by atoms with van der Waals surface area (Å²) in [7, 11) is 0. The van der Waals surface area contributed by atoms with Crippen LogP contribution in [0.5, 0.6) is 11.5 Å². The zero-order valence-electron chi connectivity index (χ0n) is 16.6. The maximum atomic E-state index is 12.4. The second kappa shape index (κ2) is 10.8. The number of benzene rings is 1. The van der Waals surface area contributed by atoms with E-state index in [1.54, 1.807) is 12.1 Å². The van der Waals surface area contributed by atoms with Gasteiger partial charge >= 0.3 is 0 Å². The first-order valence-corrected chi connectivity index (χ1v) is 10.7. The van der Waals surface area contributed by atoms with Gasteiger partial charge in [-0.3, -0.25) is 14.5 Å². The van der Waals surface area contributed by atoms with Gasteiger partial charge in [-0.2, -0.15) is 0 Å². The summed E-state index contributed by atoms with van der Waals surface area (Å²) in [4.78, 5) is 29.1. The van der Waals surface area contributed by atoms with Crippen molar-refractivity contribution in [3.63, 3.8) is 0 Å². The second-order valence-corrected chi connectivity index (χ2v) is 7.60. The fourth-order valence-corrected chi connectivity index (χ4v) is 3.72. The Morgan fingerprint density at radius 2 is 1.72 bits per heavy atom. The van der Waals surface area contributed by atoms with Gasteiger partial charge in [0.1, 0.15) is 11.5 Å². The average molecular weight is 418 g/mol. The van der Waals surface area contributed by atoms with E-state index in [-0.39, 0.29) is 18.4 Å². The molecule has 0 bridgehead atoms. The third kappa shape index (κ3) is 6.47. The first-order chi connectivity index (χ1) is 14.2. The highest BCUT2D eigenvalue weighted by atomic mass is 32.1. The van der Waals surface area contributed by atoms with Crippen LogP contribution >= 0.6 is 11.3 Å². The summed E-state index contributed by atoms with van der Waals surface area (Å²) in [6.07, 6.45) is 0. The van der Waals surface area contributed by atoms with E-state index < -0.39 is 0 Å². The van der Waals surface area contributed by atoms with Crippen LogP contribution in [0, 0.1) is 0 Å². The van der Waals surface area contributed by atoms with E-state index in [1.165, 1.54) is 11.3 Å². The molecule has 29 heavy (non-hydrogen) atoms. The number of amides is 2. The van der Waals surface area contributed by atoms with E-state index in [9.17, 15) is 9.59 Å². The molecule has 0 atom stereocenters. The molecule has 1 aliphatic rings. The van der Waals surface area contributed by atoms with Crippen molar-refractivity contribution in [2.45, 2.75) is 6.92 Å². The van der Waals surface area contributed by atoms with Crippen molar-refractivity contribution < 1.29 is 19.1 Å². The minimum absolute atomic E-state index is 0.00969. The fourth-order valence-electron chi connectivity index (χ4n) is 3.08. The normalized spacial score (nSPS) is 14.4. The van der Waals surface area contributed by atoms with Crippen molar-refractivity contribution in [3.8, 4) is 11.5 Å². The lowest BCUT2D eigenvalue weighted by molar-refractivity contribution is -0.135. The van der Waals surface area contributed by atoms with Crippen LogP contribution in [0.25, 0.3) is 0 Å². The molecule has 1 aromatic heterocycles. The van der Waals surface area contributed by atoms with Crippen LogP contribution in [0.3, 0.4) is 0 Å². The molecule has 1 aliphatic heterocycles. The molecule has 7 nitrogen and oxygen atoms in total. The minimum Gasteiger partial charge on any atom is -0.494 e.